The van der Waals surface area contributed by atoms with E-state index < -0.39 is 0 Å². The smallest absolute Gasteiger partial charge is 0.124 e. The highest BCUT2D eigenvalue weighted by Gasteiger charge is 2.02. The van der Waals surface area contributed by atoms with Crippen molar-refractivity contribution in [3.63, 3.8) is 0 Å². The number of halogens is 1. The van der Waals surface area contributed by atoms with Crippen LogP contribution in [0.4, 0.5) is 10.1 Å². The van der Waals surface area contributed by atoms with Gasteiger partial charge in [-0.15, -0.1) is 0 Å². The van der Waals surface area contributed by atoms with Crippen molar-refractivity contribution < 1.29 is 4.39 Å². The Bertz CT molecular complexity index is 298. The van der Waals surface area contributed by atoms with Gasteiger partial charge in [0, 0.05) is 11.3 Å². The maximum absolute atomic E-state index is 12.5. The number of anilines is 1. The van der Waals surface area contributed by atoms with Crippen LogP contribution in [0, 0.1) is 5.82 Å². The summed E-state index contributed by atoms with van der Waals surface area (Å²) >= 11 is 4.64. The minimum absolute atomic E-state index is 0.113. The van der Waals surface area contributed by atoms with E-state index in [1.807, 2.05) is 0 Å². The zero-order valence-corrected chi connectivity index (χ0v) is 6.49. The third-order valence-electron chi connectivity index (χ3n) is 1.28. The summed E-state index contributed by atoms with van der Waals surface area (Å²) < 4.78 is 12.5. The Labute approximate surface area is 69.0 Å². The average Bonchev–Trinajstić information content (AvgIpc) is 1.94. The van der Waals surface area contributed by atoms with E-state index >= 15 is 0 Å². The van der Waals surface area contributed by atoms with Gasteiger partial charge in [-0.05, 0) is 18.2 Å². The minimum atomic E-state index is -0.387. The van der Waals surface area contributed by atoms with Crippen LogP contribution in [-0.2, 0) is 0 Å². The van der Waals surface area contributed by atoms with Gasteiger partial charge in [0.15, 0.2) is 0 Å². The lowest BCUT2D eigenvalue weighted by Crippen LogP contribution is -2.12. The lowest BCUT2D eigenvalue weighted by Gasteiger charge is -2.01. The number of nitrogens with two attached hydrogens (primary N) is 2. The molecule has 4 heteroatoms. The van der Waals surface area contributed by atoms with Gasteiger partial charge in [0.2, 0.25) is 0 Å². The van der Waals surface area contributed by atoms with Crippen LogP contribution in [0.15, 0.2) is 18.2 Å². The number of nitrogen functional groups attached to an aromatic ring is 1. The summed E-state index contributed by atoms with van der Waals surface area (Å²) in [5, 5.41) is 0. The highest BCUT2D eigenvalue weighted by molar-refractivity contribution is 7.80. The van der Waals surface area contributed by atoms with E-state index in [1.165, 1.54) is 18.2 Å². The molecule has 0 aliphatic heterocycles. The van der Waals surface area contributed by atoms with E-state index in [4.69, 9.17) is 11.5 Å². The van der Waals surface area contributed by atoms with Crippen molar-refractivity contribution in [1.82, 2.24) is 0 Å². The molecular weight excluding hydrogens is 163 g/mol. The predicted octanol–water partition coefficient (Wildman–Crippen LogP) is 1.04. The van der Waals surface area contributed by atoms with E-state index in [9.17, 15) is 4.39 Å². The van der Waals surface area contributed by atoms with E-state index in [1.54, 1.807) is 0 Å². The van der Waals surface area contributed by atoms with Crippen LogP contribution in [0.3, 0.4) is 0 Å². The van der Waals surface area contributed by atoms with E-state index in [2.05, 4.69) is 12.2 Å². The van der Waals surface area contributed by atoms with Gasteiger partial charge in [0.1, 0.15) is 10.8 Å². The van der Waals surface area contributed by atoms with Crippen LogP contribution in [-0.4, -0.2) is 4.99 Å². The van der Waals surface area contributed by atoms with Crippen molar-refractivity contribution in [2.45, 2.75) is 0 Å². The standard InChI is InChI=1S/C7H7FN2S/c8-4-1-2-6(9)5(3-4)7(10)11/h1-3H,9H2,(H2,10,11). The summed E-state index contributed by atoms with van der Waals surface area (Å²) in [6.45, 7) is 0. The first-order valence-electron chi connectivity index (χ1n) is 2.96. The molecule has 0 fully saturated rings. The summed E-state index contributed by atoms with van der Waals surface area (Å²) in [5.74, 6) is -0.387. The molecule has 0 aliphatic carbocycles. The second kappa shape index (κ2) is 2.84. The molecule has 0 spiro atoms. The first-order chi connectivity index (χ1) is 5.11. The van der Waals surface area contributed by atoms with Gasteiger partial charge in [0.05, 0.1) is 0 Å². The maximum Gasteiger partial charge on any atom is 0.124 e. The minimum Gasteiger partial charge on any atom is -0.398 e. The predicted molar refractivity (Wildman–Crippen MR) is 46.7 cm³/mol. The Hall–Kier alpha value is -1.16. The fourth-order valence-corrected chi connectivity index (χ4v) is 0.919. The summed E-state index contributed by atoms with van der Waals surface area (Å²) in [5.41, 5.74) is 11.5. The third kappa shape index (κ3) is 1.65. The van der Waals surface area contributed by atoms with Crippen molar-refractivity contribution in [2.24, 2.45) is 5.73 Å². The molecule has 0 saturated heterocycles. The van der Waals surface area contributed by atoms with E-state index in [-0.39, 0.29) is 10.8 Å². The highest BCUT2D eigenvalue weighted by Crippen LogP contribution is 2.12. The van der Waals surface area contributed by atoms with Crippen LogP contribution in [0.2, 0.25) is 0 Å². The summed E-state index contributed by atoms with van der Waals surface area (Å²) in [6, 6.07) is 3.92. The second-order valence-corrected chi connectivity index (χ2v) is 2.54. The monoisotopic (exact) mass is 170 g/mol. The van der Waals surface area contributed by atoms with Gasteiger partial charge in [-0.1, -0.05) is 12.2 Å². The molecule has 0 atom stereocenters. The fraction of sp³-hybridized carbons (Fsp3) is 0. The lowest BCUT2D eigenvalue weighted by molar-refractivity contribution is 0.628. The van der Waals surface area contributed by atoms with Crippen molar-refractivity contribution in [3.8, 4) is 0 Å². The molecule has 1 aromatic rings. The van der Waals surface area contributed by atoms with Crippen LogP contribution in [0.5, 0.6) is 0 Å². The van der Waals surface area contributed by atoms with Crippen LogP contribution in [0.1, 0.15) is 5.56 Å². The zero-order chi connectivity index (χ0) is 8.43. The number of thiocarbonyl (C=S) groups is 1. The first kappa shape index (κ1) is 7.94. The molecular formula is C7H7FN2S. The third-order valence-corrected chi connectivity index (χ3v) is 1.50. The molecule has 0 radical (unpaired) electrons. The van der Waals surface area contributed by atoms with Crippen molar-refractivity contribution in [1.29, 1.82) is 0 Å². The average molecular weight is 170 g/mol. The number of hydrogen-bond acceptors (Lipinski definition) is 2. The van der Waals surface area contributed by atoms with Gasteiger partial charge >= 0.3 is 0 Å². The molecule has 0 unspecified atom stereocenters. The molecule has 1 rings (SSSR count). The topological polar surface area (TPSA) is 52.0 Å². The number of benzene rings is 1. The van der Waals surface area contributed by atoms with Crippen molar-refractivity contribution in [2.75, 3.05) is 5.73 Å². The maximum atomic E-state index is 12.5. The first-order valence-corrected chi connectivity index (χ1v) is 3.37. The van der Waals surface area contributed by atoms with Gasteiger partial charge < -0.3 is 11.5 Å². The number of rotatable bonds is 1. The molecule has 2 nitrogen and oxygen atoms in total. The summed E-state index contributed by atoms with van der Waals surface area (Å²) in [4.78, 5) is 0.113. The van der Waals surface area contributed by atoms with E-state index in [0.29, 0.717) is 11.3 Å². The zero-order valence-electron chi connectivity index (χ0n) is 5.67. The Morgan fingerprint density at radius 3 is 2.55 bits per heavy atom. The molecule has 0 aliphatic rings. The van der Waals surface area contributed by atoms with Crippen molar-refractivity contribution >= 4 is 22.9 Å². The molecule has 11 heavy (non-hydrogen) atoms. The Balaban J connectivity index is 3.23. The molecule has 58 valence electrons. The molecule has 0 aromatic heterocycles. The SMILES string of the molecule is NC(=S)c1cc(F)ccc1N. The molecule has 4 N–H and O–H groups in total. The normalized spacial score (nSPS) is 9.55. The molecule has 0 bridgehead atoms. The van der Waals surface area contributed by atoms with Gasteiger partial charge in [0.25, 0.3) is 0 Å². The molecule has 0 amide bonds. The summed E-state index contributed by atoms with van der Waals surface area (Å²) in [6.07, 6.45) is 0. The van der Waals surface area contributed by atoms with Gasteiger partial charge in [-0.25, -0.2) is 4.39 Å². The Kier molecular flexibility index (Phi) is 2.05. The Morgan fingerprint density at radius 2 is 2.09 bits per heavy atom. The quantitative estimate of drug-likeness (QED) is 0.489. The van der Waals surface area contributed by atoms with Gasteiger partial charge in [-0.3, -0.25) is 0 Å². The summed E-state index contributed by atoms with van der Waals surface area (Å²) in [7, 11) is 0. The molecule has 0 heterocycles. The van der Waals surface area contributed by atoms with Crippen LogP contribution in [0.25, 0.3) is 0 Å². The van der Waals surface area contributed by atoms with Crippen molar-refractivity contribution in [3.05, 3.63) is 29.6 Å². The van der Waals surface area contributed by atoms with Crippen LogP contribution < -0.4 is 11.5 Å². The van der Waals surface area contributed by atoms with Crippen LogP contribution >= 0.6 is 12.2 Å². The van der Waals surface area contributed by atoms with E-state index in [0.717, 1.165) is 0 Å². The molecule has 0 saturated carbocycles. The lowest BCUT2D eigenvalue weighted by atomic mass is 10.2. The van der Waals surface area contributed by atoms with Gasteiger partial charge in [-0.2, -0.15) is 0 Å². The second-order valence-electron chi connectivity index (χ2n) is 2.10. The Morgan fingerprint density at radius 1 is 1.45 bits per heavy atom. The highest BCUT2D eigenvalue weighted by atomic mass is 32.1. The number of hydrogen-bond donors (Lipinski definition) is 2. The molecule has 1 aromatic carbocycles. The fourth-order valence-electron chi connectivity index (χ4n) is 0.742. The largest absolute Gasteiger partial charge is 0.398 e.